The van der Waals surface area contributed by atoms with E-state index in [0.717, 1.165) is 77.0 Å². The van der Waals surface area contributed by atoms with Crippen LogP contribution < -0.4 is 0 Å². The summed E-state index contributed by atoms with van der Waals surface area (Å²) in [5, 5.41) is 0. The number of rotatable bonds is 59. The van der Waals surface area contributed by atoms with Crippen molar-refractivity contribution in [3.05, 3.63) is 48.6 Å². The van der Waals surface area contributed by atoms with Crippen molar-refractivity contribution in [2.45, 2.75) is 348 Å². The van der Waals surface area contributed by atoms with Gasteiger partial charge in [-0.3, -0.25) is 14.4 Å². The largest absolute Gasteiger partial charge is 0.462 e. The minimum absolute atomic E-state index is 0.0719. The zero-order valence-corrected chi connectivity index (χ0v) is 48.9. The van der Waals surface area contributed by atoms with Gasteiger partial charge in [-0.05, 0) is 83.5 Å². The van der Waals surface area contributed by atoms with E-state index in [9.17, 15) is 14.4 Å². The topological polar surface area (TPSA) is 78.9 Å². The average molecular weight is 1020 g/mol. The van der Waals surface area contributed by atoms with Crippen molar-refractivity contribution >= 4 is 17.9 Å². The van der Waals surface area contributed by atoms with E-state index in [1.54, 1.807) is 0 Å². The van der Waals surface area contributed by atoms with Gasteiger partial charge in [0.05, 0.1) is 0 Å². The van der Waals surface area contributed by atoms with Gasteiger partial charge in [-0.25, -0.2) is 0 Å². The molecule has 0 spiro atoms. The molecule has 426 valence electrons. The van der Waals surface area contributed by atoms with E-state index in [0.29, 0.717) is 19.3 Å². The van der Waals surface area contributed by atoms with E-state index < -0.39 is 6.10 Å². The molecule has 73 heavy (non-hydrogen) atoms. The minimum atomic E-state index is -0.773. The van der Waals surface area contributed by atoms with Crippen LogP contribution in [-0.2, 0) is 28.6 Å². The highest BCUT2D eigenvalue weighted by Crippen LogP contribution is 2.17. The van der Waals surface area contributed by atoms with Gasteiger partial charge in [0, 0.05) is 19.3 Å². The van der Waals surface area contributed by atoms with E-state index in [1.807, 2.05) is 0 Å². The molecule has 6 nitrogen and oxygen atoms in total. The quantitative estimate of drug-likeness (QED) is 0.0261. The maximum atomic E-state index is 12.9. The van der Waals surface area contributed by atoms with Gasteiger partial charge in [-0.2, -0.15) is 0 Å². The Hall–Kier alpha value is -2.63. The first kappa shape index (κ1) is 70.4. The van der Waals surface area contributed by atoms with Crippen molar-refractivity contribution in [1.29, 1.82) is 0 Å². The van der Waals surface area contributed by atoms with Crippen LogP contribution in [0.15, 0.2) is 48.6 Å². The lowest BCUT2D eigenvalue weighted by Crippen LogP contribution is -2.30. The summed E-state index contributed by atoms with van der Waals surface area (Å²) in [6, 6.07) is 0. The smallest absolute Gasteiger partial charge is 0.306 e. The lowest BCUT2D eigenvalue weighted by molar-refractivity contribution is -0.167. The van der Waals surface area contributed by atoms with Crippen molar-refractivity contribution in [1.82, 2.24) is 0 Å². The average Bonchev–Trinajstić information content (AvgIpc) is 3.39. The molecule has 1 unspecified atom stereocenters. The van der Waals surface area contributed by atoms with Crippen molar-refractivity contribution < 1.29 is 28.6 Å². The molecule has 0 aromatic carbocycles. The van der Waals surface area contributed by atoms with Crippen LogP contribution in [0.3, 0.4) is 0 Å². The summed E-state index contributed by atoms with van der Waals surface area (Å²) >= 11 is 0. The van der Waals surface area contributed by atoms with Crippen molar-refractivity contribution in [3.63, 3.8) is 0 Å². The molecule has 0 radical (unpaired) electrons. The number of carbonyl (C=O) groups is 3. The van der Waals surface area contributed by atoms with Gasteiger partial charge < -0.3 is 14.2 Å². The maximum absolute atomic E-state index is 12.9. The molecule has 1 atom stereocenters. The molecule has 0 aliphatic carbocycles. The molecule has 0 saturated heterocycles. The standard InChI is InChI=1S/C67H122O6/c1-4-7-10-13-16-19-22-25-27-28-29-30-31-32-33-34-35-36-37-38-39-40-41-43-45-48-51-54-57-60-66(69)72-63-64(62-71-65(68)59-56-53-50-47-44-24-21-18-15-12-9-6-3)73-67(70)61-58-55-52-49-46-42-26-23-20-17-14-11-8-5-2/h18,21-22,25,28-29,31-32,64H,4-17,19-20,23-24,26-27,30,33-63H2,1-3H3/b21-18-,25-22-,29-28-,32-31-. The third-order valence-corrected chi connectivity index (χ3v) is 14.3. The van der Waals surface area contributed by atoms with Crippen LogP contribution in [0, 0.1) is 0 Å². The maximum Gasteiger partial charge on any atom is 0.306 e. The van der Waals surface area contributed by atoms with Crippen LogP contribution in [0.25, 0.3) is 0 Å². The number of hydrogen-bond donors (Lipinski definition) is 0. The second-order valence-electron chi connectivity index (χ2n) is 21.7. The molecule has 0 aliphatic rings. The molecule has 0 fully saturated rings. The Kier molecular flexibility index (Phi) is 59.7. The van der Waals surface area contributed by atoms with Gasteiger partial charge >= 0.3 is 17.9 Å². The monoisotopic (exact) mass is 1020 g/mol. The highest BCUT2D eigenvalue weighted by molar-refractivity contribution is 5.71. The van der Waals surface area contributed by atoms with Crippen LogP contribution in [-0.4, -0.2) is 37.2 Å². The van der Waals surface area contributed by atoms with Crippen molar-refractivity contribution in [2.24, 2.45) is 0 Å². The van der Waals surface area contributed by atoms with Crippen LogP contribution >= 0.6 is 0 Å². The zero-order chi connectivity index (χ0) is 52.9. The molecule has 0 aromatic heterocycles. The summed E-state index contributed by atoms with van der Waals surface area (Å²) in [6.07, 6.45) is 77.0. The Labute approximate surface area is 454 Å². The first-order valence-corrected chi connectivity index (χ1v) is 32.1. The number of allylic oxidation sites excluding steroid dienone is 8. The number of ether oxygens (including phenoxy) is 3. The SMILES string of the molecule is CCCCC/C=C\CCCCCCCC(=O)OCC(COC(=O)CCCCCCCCCCCCCCCC/C=C\C/C=C\C/C=C\CCCCCCC)OC(=O)CCCCCCCCCCCCCCCC. The van der Waals surface area contributed by atoms with E-state index in [1.165, 1.54) is 225 Å². The lowest BCUT2D eigenvalue weighted by Gasteiger charge is -2.18. The molecule has 0 amide bonds. The van der Waals surface area contributed by atoms with E-state index in [4.69, 9.17) is 14.2 Å². The van der Waals surface area contributed by atoms with E-state index in [-0.39, 0.29) is 31.1 Å². The Morgan fingerprint density at radius 2 is 0.493 bits per heavy atom. The lowest BCUT2D eigenvalue weighted by atomic mass is 10.0. The molecule has 0 aromatic rings. The fourth-order valence-corrected chi connectivity index (χ4v) is 9.45. The molecular weight excluding hydrogens is 901 g/mol. The highest BCUT2D eigenvalue weighted by atomic mass is 16.6. The van der Waals surface area contributed by atoms with Crippen molar-refractivity contribution in [3.8, 4) is 0 Å². The van der Waals surface area contributed by atoms with Gasteiger partial charge in [0.2, 0.25) is 0 Å². The van der Waals surface area contributed by atoms with Gasteiger partial charge in [0.15, 0.2) is 6.10 Å². The van der Waals surface area contributed by atoms with Crippen molar-refractivity contribution in [2.75, 3.05) is 13.2 Å². The second kappa shape index (κ2) is 61.9. The molecule has 0 N–H and O–H groups in total. The van der Waals surface area contributed by atoms with Gasteiger partial charge in [0.25, 0.3) is 0 Å². The third-order valence-electron chi connectivity index (χ3n) is 14.3. The van der Waals surface area contributed by atoms with Crippen LogP contribution in [0.1, 0.15) is 342 Å². The fraction of sp³-hybridized carbons (Fsp3) is 0.836. The molecule has 0 heterocycles. The van der Waals surface area contributed by atoms with E-state index in [2.05, 4.69) is 69.4 Å². The Bertz CT molecular complexity index is 1270. The van der Waals surface area contributed by atoms with Crippen LogP contribution in [0.5, 0.6) is 0 Å². The molecular formula is C67H122O6. The number of hydrogen-bond acceptors (Lipinski definition) is 6. The number of unbranched alkanes of at least 4 members (excludes halogenated alkanes) is 40. The Morgan fingerprint density at radius 3 is 0.808 bits per heavy atom. The summed E-state index contributed by atoms with van der Waals surface area (Å²) in [5.74, 6) is -0.863. The third kappa shape index (κ3) is 60.1. The van der Waals surface area contributed by atoms with E-state index >= 15 is 0 Å². The molecule has 0 saturated carbocycles. The van der Waals surface area contributed by atoms with Gasteiger partial charge in [-0.15, -0.1) is 0 Å². The summed E-state index contributed by atoms with van der Waals surface area (Å²) in [6.45, 7) is 6.64. The van der Waals surface area contributed by atoms with Crippen LogP contribution in [0.2, 0.25) is 0 Å². The minimum Gasteiger partial charge on any atom is -0.462 e. The predicted octanol–water partition coefficient (Wildman–Crippen LogP) is 21.8. The Balaban J connectivity index is 4.16. The number of carbonyl (C=O) groups excluding carboxylic acids is 3. The molecule has 0 rings (SSSR count). The highest BCUT2D eigenvalue weighted by Gasteiger charge is 2.19. The fourth-order valence-electron chi connectivity index (χ4n) is 9.45. The first-order chi connectivity index (χ1) is 36.0. The molecule has 0 aliphatic heterocycles. The normalized spacial score (nSPS) is 12.3. The molecule has 0 bridgehead atoms. The summed E-state index contributed by atoms with van der Waals surface area (Å²) < 4.78 is 16.9. The summed E-state index contributed by atoms with van der Waals surface area (Å²) in [7, 11) is 0. The number of esters is 3. The molecule has 6 heteroatoms. The van der Waals surface area contributed by atoms with Crippen LogP contribution in [0.4, 0.5) is 0 Å². The zero-order valence-electron chi connectivity index (χ0n) is 48.9. The Morgan fingerprint density at radius 1 is 0.274 bits per heavy atom. The first-order valence-electron chi connectivity index (χ1n) is 32.1. The van der Waals surface area contributed by atoms with Gasteiger partial charge in [0.1, 0.15) is 13.2 Å². The van der Waals surface area contributed by atoms with Gasteiger partial charge in [-0.1, -0.05) is 288 Å². The predicted molar refractivity (Wildman–Crippen MR) is 316 cm³/mol. The second-order valence-corrected chi connectivity index (χ2v) is 21.7. The summed E-state index contributed by atoms with van der Waals surface area (Å²) in [4.78, 5) is 38.2. The summed E-state index contributed by atoms with van der Waals surface area (Å²) in [5.41, 5.74) is 0.